The molecule has 4 heteroatoms. The van der Waals surface area contributed by atoms with E-state index in [2.05, 4.69) is 15.9 Å². The molecular weight excluding hydrogens is 306 g/mol. The zero-order valence-electron chi connectivity index (χ0n) is 11.4. The number of carbonyl (C=O) groups is 2. The lowest BCUT2D eigenvalue weighted by molar-refractivity contribution is -0.121. The zero-order chi connectivity index (χ0) is 14.2. The molecule has 1 aliphatic rings. The standard InChI is InChI=1S/C15H18BrNO2/c1-9(2)15(19)17-7-6-11-8-12(4-5-13(11)17)14(18)10(3)16/h4-5,8-10H,6-7H2,1-3H3. The van der Waals surface area contributed by atoms with E-state index in [4.69, 9.17) is 0 Å². The van der Waals surface area contributed by atoms with Crippen molar-refractivity contribution in [1.29, 1.82) is 0 Å². The van der Waals surface area contributed by atoms with Gasteiger partial charge in [0.1, 0.15) is 0 Å². The topological polar surface area (TPSA) is 37.4 Å². The quantitative estimate of drug-likeness (QED) is 0.632. The molecule has 1 unspecified atom stereocenters. The molecule has 1 atom stereocenters. The van der Waals surface area contributed by atoms with Crippen LogP contribution < -0.4 is 4.90 Å². The van der Waals surface area contributed by atoms with Crippen molar-refractivity contribution in [2.45, 2.75) is 32.0 Å². The molecule has 2 rings (SSSR count). The van der Waals surface area contributed by atoms with E-state index in [-0.39, 0.29) is 22.4 Å². The smallest absolute Gasteiger partial charge is 0.229 e. The number of ketones is 1. The average molecular weight is 324 g/mol. The molecule has 1 heterocycles. The summed E-state index contributed by atoms with van der Waals surface area (Å²) in [6.45, 7) is 6.35. The summed E-state index contributed by atoms with van der Waals surface area (Å²) in [7, 11) is 0. The minimum Gasteiger partial charge on any atom is -0.312 e. The Kier molecular flexibility index (Phi) is 4.09. The highest BCUT2D eigenvalue weighted by Gasteiger charge is 2.27. The molecule has 1 aliphatic heterocycles. The lowest BCUT2D eigenvalue weighted by Gasteiger charge is -2.19. The van der Waals surface area contributed by atoms with Gasteiger partial charge < -0.3 is 4.90 Å². The van der Waals surface area contributed by atoms with Gasteiger partial charge in [-0.15, -0.1) is 0 Å². The van der Waals surface area contributed by atoms with E-state index in [1.54, 1.807) is 0 Å². The van der Waals surface area contributed by atoms with Gasteiger partial charge in [-0.1, -0.05) is 29.8 Å². The predicted octanol–water partition coefficient (Wildman–Crippen LogP) is 3.20. The fraction of sp³-hybridized carbons (Fsp3) is 0.467. The van der Waals surface area contributed by atoms with Gasteiger partial charge in [0.2, 0.25) is 5.91 Å². The van der Waals surface area contributed by atoms with Crippen LogP contribution in [0.4, 0.5) is 5.69 Å². The number of benzene rings is 1. The summed E-state index contributed by atoms with van der Waals surface area (Å²) in [5.74, 6) is 0.220. The van der Waals surface area contributed by atoms with Crippen LogP contribution in [-0.4, -0.2) is 23.1 Å². The largest absolute Gasteiger partial charge is 0.312 e. The highest BCUT2D eigenvalue weighted by molar-refractivity contribution is 9.10. The van der Waals surface area contributed by atoms with Crippen molar-refractivity contribution in [3.05, 3.63) is 29.3 Å². The van der Waals surface area contributed by atoms with E-state index >= 15 is 0 Å². The van der Waals surface area contributed by atoms with Gasteiger partial charge in [0, 0.05) is 23.7 Å². The molecule has 102 valence electrons. The van der Waals surface area contributed by atoms with Crippen LogP contribution in [0, 0.1) is 5.92 Å². The third kappa shape index (κ3) is 2.73. The van der Waals surface area contributed by atoms with Crippen molar-refractivity contribution in [3.8, 4) is 0 Å². The van der Waals surface area contributed by atoms with E-state index in [0.29, 0.717) is 12.1 Å². The molecule has 0 radical (unpaired) electrons. The number of anilines is 1. The normalized spacial score (nSPS) is 15.5. The molecule has 19 heavy (non-hydrogen) atoms. The van der Waals surface area contributed by atoms with Gasteiger partial charge in [-0.25, -0.2) is 0 Å². The first-order chi connectivity index (χ1) is 8.91. The first kappa shape index (κ1) is 14.3. The number of fused-ring (bicyclic) bond motifs is 1. The van der Waals surface area contributed by atoms with Crippen LogP contribution >= 0.6 is 15.9 Å². The Balaban J connectivity index is 2.30. The maximum Gasteiger partial charge on any atom is 0.229 e. The third-order valence-electron chi connectivity index (χ3n) is 3.38. The fourth-order valence-corrected chi connectivity index (χ4v) is 2.59. The number of rotatable bonds is 3. The van der Waals surface area contributed by atoms with Crippen LogP contribution in [0.1, 0.15) is 36.7 Å². The molecule has 0 spiro atoms. The van der Waals surface area contributed by atoms with Crippen LogP contribution in [0.15, 0.2) is 18.2 Å². The maximum absolute atomic E-state index is 12.1. The van der Waals surface area contributed by atoms with Crippen molar-refractivity contribution in [2.24, 2.45) is 5.92 Å². The Morgan fingerprint density at radius 2 is 1.95 bits per heavy atom. The van der Waals surface area contributed by atoms with Gasteiger partial charge in [0.05, 0.1) is 4.83 Å². The van der Waals surface area contributed by atoms with Crippen LogP contribution in [-0.2, 0) is 11.2 Å². The van der Waals surface area contributed by atoms with Crippen LogP contribution in [0.2, 0.25) is 0 Å². The number of hydrogen-bond donors (Lipinski definition) is 0. The van der Waals surface area contributed by atoms with Crippen molar-refractivity contribution in [2.75, 3.05) is 11.4 Å². The fourth-order valence-electron chi connectivity index (χ4n) is 2.33. The summed E-state index contributed by atoms with van der Waals surface area (Å²) < 4.78 is 0. The summed E-state index contributed by atoms with van der Waals surface area (Å²) in [4.78, 5) is 25.7. The summed E-state index contributed by atoms with van der Waals surface area (Å²) in [5.41, 5.74) is 2.76. The number of halogens is 1. The second kappa shape index (κ2) is 5.45. The summed E-state index contributed by atoms with van der Waals surface area (Å²) in [6.07, 6.45) is 0.825. The van der Waals surface area contributed by atoms with Crippen LogP contribution in [0.5, 0.6) is 0 Å². The predicted molar refractivity (Wildman–Crippen MR) is 80.1 cm³/mol. The number of Topliss-reactive ketones (excluding diaryl/α,β-unsaturated/α-hetero) is 1. The first-order valence-electron chi connectivity index (χ1n) is 6.54. The molecular formula is C15H18BrNO2. The summed E-state index contributed by atoms with van der Waals surface area (Å²) in [5, 5.41) is 0. The van der Waals surface area contributed by atoms with E-state index in [9.17, 15) is 9.59 Å². The zero-order valence-corrected chi connectivity index (χ0v) is 13.0. The summed E-state index contributed by atoms with van der Waals surface area (Å²) >= 11 is 3.30. The monoisotopic (exact) mass is 323 g/mol. The first-order valence-corrected chi connectivity index (χ1v) is 7.46. The molecule has 0 N–H and O–H groups in total. The van der Waals surface area contributed by atoms with E-state index in [1.807, 2.05) is 43.9 Å². The Bertz CT molecular complexity index is 523. The SMILES string of the molecule is CC(C)C(=O)N1CCc2cc(C(=O)C(C)Br)ccc21. The van der Waals surface area contributed by atoms with Crippen molar-refractivity contribution in [1.82, 2.24) is 0 Å². The Hall–Kier alpha value is -1.16. The molecule has 0 saturated heterocycles. The number of carbonyl (C=O) groups excluding carboxylic acids is 2. The summed E-state index contributed by atoms with van der Waals surface area (Å²) in [6, 6.07) is 5.62. The molecule has 3 nitrogen and oxygen atoms in total. The van der Waals surface area contributed by atoms with Crippen LogP contribution in [0.3, 0.4) is 0 Å². The van der Waals surface area contributed by atoms with Crippen molar-refractivity contribution in [3.63, 3.8) is 0 Å². The molecule has 0 aliphatic carbocycles. The molecule has 0 aromatic heterocycles. The maximum atomic E-state index is 12.1. The van der Waals surface area contributed by atoms with Crippen molar-refractivity contribution < 1.29 is 9.59 Å². The number of alkyl halides is 1. The second-order valence-electron chi connectivity index (χ2n) is 5.22. The highest BCUT2D eigenvalue weighted by Crippen LogP contribution is 2.30. The number of nitrogens with zero attached hydrogens (tertiary/aromatic N) is 1. The second-order valence-corrected chi connectivity index (χ2v) is 6.59. The van der Waals surface area contributed by atoms with Gasteiger partial charge in [0.15, 0.2) is 5.78 Å². The minimum absolute atomic E-state index is 0.00479. The van der Waals surface area contributed by atoms with Gasteiger partial charge in [-0.2, -0.15) is 0 Å². The number of hydrogen-bond acceptors (Lipinski definition) is 2. The molecule has 1 aromatic carbocycles. The number of amides is 1. The Labute approximate surface area is 122 Å². The van der Waals surface area contributed by atoms with Gasteiger partial charge in [-0.3, -0.25) is 9.59 Å². The molecule has 0 bridgehead atoms. The molecule has 0 fully saturated rings. The highest BCUT2D eigenvalue weighted by atomic mass is 79.9. The Morgan fingerprint density at radius 3 is 2.53 bits per heavy atom. The minimum atomic E-state index is -0.180. The average Bonchev–Trinajstić information content (AvgIpc) is 2.79. The van der Waals surface area contributed by atoms with Gasteiger partial charge in [0.25, 0.3) is 0 Å². The lowest BCUT2D eigenvalue weighted by atomic mass is 10.0. The van der Waals surface area contributed by atoms with E-state index < -0.39 is 0 Å². The van der Waals surface area contributed by atoms with Crippen molar-refractivity contribution >= 4 is 33.3 Å². The van der Waals surface area contributed by atoms with E-state index in [1.165, 1.54) is 0 Å². The van der Waals surface area contributed by atoms with Gasteiger partial charge >= 0.3 is 0 Å². The lowest BCUT2D eigenvalue weighted by Crippen LogP contribution is -2.32. The molecule has 1 aromatic rings. The molecule has 1 amide bonds. The van der Waals surface area contributed by atoms with Gasteiger partial charge in [-0.05, 0) is 37.1 Å². The Morgan fingerprint density at radius 1 is 1.26 bits per heavy atom. The molecule has 0 saturated carbocycles. The van der Waals surface area contributed by atoms with E-state index in [0.717, 1.165) is 17.7 Å². The third-order valence-corrected chi connectivity index (χ3v) is 3.80. The van der Waals surface area contributed by atoms with Crippen LogP contribution in [0.25, 0.3) is 0 Å².